The molecule has 0 aromatic heterocycles. The molecule has 2 heteroatoms. The molecule has 0 amide bonds. The van der Waals surface area contributed by atoms with E-state index in [2.05, 4.69) is 27.4 Å². The molecule has 0 saturated heterocycles. The fraction of sp³-hybridized carbons (Fsp3) is 0.733. The van der Waals surface area contributed by atoms with Crippen molar-refractivity contribution >= 4 is 5.97 Å². The van der Waals surface area contributed by atoms with Crippen LogP contribution in [0.5, 0.6) is 0 Å². The van der Waals surface area contributed by atoms with Crippen LogP contribution in [-0.4, -0.2) is 12.1 Å². The van der Waals surface area contributed by atoms with Crippen molar-refractivity contribution in [3.63, 3.8) is 0 Å². The molecule has 0 aliphatic rings. The molecule has 1 radical (unpaired) electrons. The van der Waals surface area contributed by atoms with Gasteiger partial charge in [-0.15, -0.1) is 0 Å². The Kier molecular flexibility index (Phi) is 8.83. The van der Waals surface area contributed by atoms with Crippen LogP contribution < -0.4 is 0 Å². The van der Waals surface area contributed by atoms with Gasteiger partial charge in [-0.2, -0.15) is 0 Å². The lowest BCUT2D eigenvalue weighted by Crippen LogP contribution is -2.25. The molecule has 1 atom stereocenters. The van der Waals surface area contributed by atoms with Crippen molar-refractivity contribution in [1.82, 2.24) is 0 Å². The Balaban J connectivity index is 4.24. The average Bonchev–Trinajstić information content (AvgIpc) is 2.28. The van der Waals surface area contributed by atoms with Crippen LogP contribution in [0.3, 0.4) is 0 Å². The molecule has 0 rings (SSSR count). The molecule has 0 fully saturated rings. The first kappa shape index (κ1) is 16.2. The van der Waals surface area contributed by atoms with Crippen molar-refractivity contribution in [3.05, 3.63) is 19.1 Å². The van der Waals surface area contributed by atoms with Gasteiger partial charge in [0, 0.05) is 5.57 Å². The first-order valence-corrected chi connectivity index (χ1v) is 6.72. The van der Waals surface area contributed by atoms with Gasteiger partial charge >= 0.3 is 5.97 Å². The van der Waals surface area contributed by atoms with Crippen molar-refractivity contribution in [3.8, 4) is 0 Å². The van der Waals surface area contributed by atoms with Gasteiger partial charge in [-0.3, -0.25) is 0 Å². The molecule has 0 heterocycles. The normalized spacial score (nSPS) is 12.5. The van der Waals surface area contributed by atoms with Gasteiger partial charge in [-0.25, -0.2) is 4.79 Å². The average molecular weight is 239 g/mol. The molecule has 0 bridgehead atoms. The number of carbonyl (C=O) groups excluding carboxylic acids is 1. The van der Waals surface area contributed by atoms with Crippen LogP contribution in [0, 0.1) is 12.8 Å². The highest BCUT2D eigenvalue weighted by atomic mass is 16.5. The van der Waals surface area contributed by atoms with E-state index >= 15 is 0 Å². The van der Waals surface area contributed by atoms with Gasteiger partial charge in [-0.1, -0.05) is 46.1 Å². The summed E-state index contributed by atoms with van der Waals surface area (Å²) in [6.07, 6.45) is 6.63. The summed E-state index contributed by atoms with van der Waals surface area (Å²) in [6, 6.07) is 0. The number of esters is 1. The molecule has 0 aliphatic heterocycles. The second kappa shape index (κ2) is 9.26. The van der Waals surface area contributed by atoms with E-state index in [4.69, 9.17) is 4.74 Å². The lowest BCUT2D eigenvalue weighted by Gasteiger charge is -2.24. The van der Waals surface area contributed by atoms with E-state index in [-0.39, 0.29) is 12.1 Å². The second-order valence-electron chi connectivity index (χ2n) is 4.77. The second-order valence-corrected chi connectivity index (χ2v) is 4.77. The highest BCUT2D eigenvalue weighted by molar-refractivity contribution is 5.87. The molecule has 0 spiro atoms. The third kappa shape index (κ3) is 7.19. The van der Waals surface area contributed by atoms with Crippen molar-refractivity contribution in [2.24, 2.45) is 5.92 Å². The van der Waals surface area contributed by atoms with Crippen LogP contribution in [-0.2, 0) is 9.53 Å². The quantitative estimate of drug-likeness (QED) is 0.443. The molecule has 99 valence electrons. The zero-order valence-electron chi connectivity index (χ0n) is 11.6. The van der Waals surface area contributed by atoms with Crippen molar-refractivity contribution in [2.75, 3.05) is 0 Å². The smallest absolute Gasteiger partial charge is 0.333 e. The number of carbonyl (C=O) groups is 1. The lowest BCUT2D eigenvalue weighted by atomic mass is 9.91. The van der Waals surface area contributed by atoms with Gasteiger partial charge < -0.3 is 4.74 Å². The van der Waals surface area contributed by atoms with E-state index in [0.29, 0.717) is 11.5 Å². The van der Waals surface area contributed by atoms with E-state index in [9.17, 15) is 4.79 Å². The highest BCUT2D eigenvalue weighted by Crippen LogP contribution is 2.22. The van der Waals surface area contributed by atoms with Gasteiger partial charge in [0.25, 0.3) is 0 Å². The maximum atomic E-state index is 11.4. The van der Waals surface area contributed by atoms with Crippen LogP contribution in [0.25, 0.3) is 0 Å². The molecular formula is C15H27O2. The summed E-state index contributed by atoms with van der Waals surface area (Å²) in [5.74, 6) is 0.0706. The molecule has 0 aromatic carbocycles. The van der Waals surface area contributed by atoms with E-state index < -0.39 is 0 Å². The van der Waals surface area contributed by atoms with Gasteiger partial charge in [0.05, 0.1) is 0 Å². The van der Waals surface area contributed by atoms with Crippen molar-refractivity contribution < 1.29 is 9.53 Å². The van der Waals surface area contributed by atoms with Gasteiger partial charge in [0.1, 0.15) is 6.10 Å². The molecule has 2 nitrogen and oxygen atoms in total. The Morgan fingerprint density at radius 3 is 2.00 bits per heavy atom. The van der Waals surface area contributed by atoms with Crippen LogP contribution in [0.4, 0.5) is 0 Å². The summed E-state index contributed by atoms with van der Waals surface area (Å²) in [5.41, 5.74) is 0.448. The van der Waals surface area contributed by atoms with Crippen LogP contribution in [0.15, 0.2) is 12.2 Å². The van der Waals surface area contributed by atoms with E-state index in [1.807, 2.05) is 0 Å². The Labute approximate surface area is 106 Å². The van der Waals surface area contributed by atoms with Crippen LogP contribution >= 0.6 is 0 Å². The monoisotopic (exact) mass is 239 g/mol. The summed E-state index contributed by atoms with van der Waals surface area (Å²) in [7, 11) is 0. The van der Waals surface area contributed by atoms with Crippen molar-refractivity contribution in [2.45, 2.75) is 65.4 Å². The largest absolute Gasteiger partial charge is 0.459 e. The summed E-state index contributed by atoms with van der Waals surface area (Å²) in [4.78, 5) is 11.4. The minimum absolute atomic E-state index is 0.239. The van der Waals surface area contributed by atoms with Crippen molar-refractivity contribution in [1.29, 1.82) is 0 Å². The van der Waals surface area contributed by atoms with E-state index in [0.717, 1.165) is 12.8 Å². The molecule has 17 heavy (non-hydrogen) atoms. The third-order valence-electron chi connectivity index (χ3n) is 2.99. The number of rotatable bonds is 9. The van der Waals surface area contributed by atoms with Gasteiger partial charge in [0.15, 0.2) is 0 Å². The fourth-order valence-electron chi connectivity index (χ4n) is 1.78. The fourth-order valence-corrected chi connectivity index (χ4v) is 1.78. The maximum absolute atomic E-state index is 11.4. The Morgan fingerprint density at radius 1 is 1.18 bits per heavy atom. The minimum Gasteiger partial charge on any atom is -0.459 e. The number of hydrogen-bond donors (Lipinski definition) is 0. The first-order chi connectivity index (χ1) is 8.02. The Hall–Kier alpha value is -0.790. The van der Waals surface area contributed by atoms with Gasteiger partial charge in [-0.05, 0) is 32.6 Å². The molecule has 0 saturated carbocycles. The van der Waals surface area contributed by atoms with Crippen LogP contribution in [0.1, 0.15) is 59.3 Å². The topological polar surface area (TPSA) is 26.3 Å². The predicted molar refractivity (Wildman–Crippen MR) is 72.6 cm³/mol. The maximum Gasteiger partial charge on any atom is 0.333 e. The number of hydrogen-bond acceptors (Lipinski definition) is 2. The number of unbranched alkanes of at least 4 members (excludes halogenated alkanes) is 2. The summed E-state index contributed by atoms with van der Waals surface area (Å²) in [6.45, 7) is 13.6. The minimum atomic E-state index is -0.317. The molecule has 0 aliphatic carbocycles. The standard InChI is InChI=1S/C15H27O2/c1-6-8-10-14(11-9-7-2)13(5)17-15(16)12(3)4/h13-14H,3,5-11H2,1-2,4H3. The van der Waals surface area contributed by atoms with Gasteiger partial charge in [0.2, 0.25) is 0 Å². The lowest BCUT2D eigenvalue weighted by molar-refractivity contribution is -0.144. The number of ether oxygens (including phenoxy) is 1. The van der Waals surface area contributed by atoms with Crippen LogP contribution in [0.2, 0.25) is 0 Å². The summed E-state index contributed by atoms with van der Waals surface area (Å²) < 4.78 is 5.32. The Bertz CT molecular complexity index is 225. The first-order valence-electron chi connectivity index (χ1n) is 6.72. The molecule has 0 N–H and O–H groups in total. The predicted octanol–water partition coefficient (Wildman–Crippen LogP) is 4.30. The SMILES string of the molecule is [CH2]C(OC(=O)C(=C)C)C(CCCC)CCCC. The summed E-state index contributed by atoms with van der Waals surface area (Å²) in [5, 5.41) is 0. The molecule has 1 unspecified atom stereocenters. The summed E-state index contributed by atoms with van der Waals surface area (Å²) >= 11 is 0. The zero-order chi connectivity index (χ0) is 13.3. The highest BCUT2D eigenvalue weighted by Gasteiger charge is 2.20. The Morgan fingerprint density at radius 2 is 1.65 bits per heavy atom. The zero-order valence-corrected chi connectivity index (χ0v) is 11.6. The van der Waals surface area contributed by atoms with E-state index in [1.54, 1.807) is 6.92 Å². The third-order valence-corrected chi connectivity index (χ3v) is 2.99. The molecule has 0 aromatic rings. The molecular weight excluding hydrogens is 212 g/mol. The van der Waals surface area contributed by atoms with E-state index in [1.165, 1.54) is 25.7 Å².